The number of aromatic nitrogens is 3. The summed E-state index contributed by atoms with van der Waals surface area (Å²) in [4.78, 5) is 23.6. The van der Waals surface area contributed by atoms with Gasteiger partial charge in [0.25, 0.3) is 0 Å². The van der Waals surface area contributed by atoms with Crippen LogP contribution in [0.1, 0.15) is 38.2 Å². The number of pyridine rings is 1. The standard InChI is InChI=1S/C23H23ClF3N5O3/c1-2-12-9-13(17-7-8-18(24)31-20(17)35-23(25,26)27)10-14-11-28-21(32-19(12)14)29-15-3-5-16(6-4-15)30-22(33)34/h7-11,15-16,30H,2-6H2,1H3,(H,33,34)(H,28,29,32)/t15-,16-. The Labute approximate surface area is 203 Å². The lowest BCUT2D eigenvalue weighted by Crippen LogP contribution is -2.39. The third-order valence-corrected chi connectivity index (χ3v) is 6.09. The lowest BCUT2D eigenvalue weighted by Gasteiger charge is -2.28. The molecule has 1 aromatic carbocycles. The van der Waals surface area contributed by atoms with Gasteiger partial charge in [0.1, 0.15) is 5.15 Å². The minimum Gasteiger partial charge on any atom is -0.465 e. The first-order valence-corrected chi connectivity index (χ1v) is 11.5. The molecule has 2 heterocycles. The molecule has 0 saturated heterocycles. The van der Waals surface area contributed by atoms with Crippen molar-refractivity contribution in [3.63, 3.8) is 0 Å². The molecule has 0 unspecified atom stereocenters. The number of alkyl halides is 3. The highest BCUT2D eigenvalue weighted by Gasteiger charge is 2.33. The van der Waals surface area contributed by atoms with Crippen LogP contribution in [0, 0.1) is 0 Å². The van der Waals surface area contributed by atoms with Crippen LogP contribution >= 0.6 is 11.6 Å². The van der Waals surface area contributed by atoms with E-state index >= 15 is 0 Å². The number of benzene rings is 1. The molecule has 2 aromatic heterocycles. The number of fused-ring (bicyclic) bond motifs is 1. The van der Waals surface area contributed by atoms with Crippen LogP contribution in [0.3, 0.4) is 0 Å². The van der Waals surface area contributed by atoms with Crippen molar-refractivity contribution in [1.29, 1.82) is 0 Å². The largest absolute Gasteiger partial charge is 0.574 e. The Bertz CT molecular complexity index is 1230. The number of hydrogen-bond donors (Lipinski definition) is 3. The Balaban J connectivity index is 1.60. The van der Waals surface area contributed by atoms with Crippen LogP contribution in [0.4, 0.5) is 23.9 Å². The predicted octanol–water partition coefficient (Wildman–Crippen LogP) is 5.80. The zero-order valence-corrected chi connectivity index (χ0v) is 19.5. The smallest absolute Gasteiger partial charge is 0.465 e. The molecule has 0 bridgehead atoms. The molecule has 1 amide bonds. The Morgan fingerprint density at radius 2 is 1.89 bits per heavy atom. The summed E-state index contributed by atoms with van der Waals surface area (Å²) >= 11 is 5.80. The van der Waals surface area contributed by atoms with E-state index < -0.39 is 18.3 Å². The number of halogens is 4. The fourth-order valence-corrected chi connectivity index (χ4v) is 4.42. The van der Waals surface area contributed by atoms with Gasteiger partial charge in [-0.25, -0.2) is 19.7 Å². The zero-order valence-electron chi connectivity index (χ0n) is 18.7. The van der Waals surface area contributed by atoms with Gasteiger partial charge in [-0.3, -0.25) is 0 Å². The number of carbonyl (C=O) groups is 1. The maximum absolute atomic E-state index is 12.9. The van der Waals surface area contributed by atoms with Crippen LogP contribution in [0.15, 0.2) is 30.5 Å². The number of nitrogens with zero attached hydrogens (tertiary/aromatic N) is 3. The van der Waals surface area contributed by atoms with E-state index in [1.807, 2.05) is 6.92 Å². The van der Waals surface area contributed by atoms with Gasteiger partial charge in [0, 0.05) is 29.2 Å². The molecule has 0 spiro atoms. The first-order valence-electron chi connectivity index (χ1n) is 11.1. The van der Waals surface area contributed by atoms with Crippen LogP contribution in [-0.4, -0.2) is 44.6 Å². The van der Waals surface area contributed by atoms with Crippen molar-refractivity contribution < 1.29 is 27.8 Å². The number of amides is 1. The summed E-state index contributed by atoms with van der Waals surface area (Å²) in [6, 6.07) is 6.35. The van der Waals surface area contributed by atoms with Crippen LogP contribution < -0.4 is 15.4 Å². The molecule has 8 nitrogen and oxygen atoms in total. The van der Waals surface area contributed by atoms with Gasteiger partial charge >= 0.3 is 12.5 Å². The van der Waals surface area contributed by atoms with Crippen molar-refractivity contribution in [1.82, 2.24) is 20.3 Å². The van der Waals surface area contributed by atoms with E-state index in [4.69, 9.17) is 16.7 Å². The fraction of sp³-hybridized carbons (Fsp3) is 0.391. The van der Waals surface area contributed by atoms with E-state index in [9.17, 15) is 18.0 Å². The Kier molecular flexibility index (Phi) is 7.15. The number of anilines is 1. The van der Waals surface area contributed by atoms with Crippen LogP contribution in [0.25, 0.3) is 22.0 Å². The molecule has 186 valence electrons. The average molecular weight is 510 g/mol. The molecule has 3 aromatic rings. The summed E-state index contributed by atoms with van der Waals surface area (Å²) in [7, 11) is 0. The van der Waals surface area contributed by atoms with Crippen molar-refractivity contribution in [3.05, 3.63) is 41.2 Å². The van der Waals surface area contributed by atoms with Crippen molar-refractivity contribution in [2.75, 3.05) is 5.32 Å². The van der Waals surface area contributed by atoms with Gasteiger partial charge in [-0.05, 0) is 67.5 Å². The third-order valence-electron chi connectivity index (χ3n) is 5.88. The second kappa shape index (κ2) is 10.1. The highest BCUT2D eigenvalue weighted by atomic mass is 35.5. The van der Waals surface area contributed by atoms with Crippen LogP contribution in [-0.2, 0) is 6.42 Å². The molecule has 0 aliphatic heterocycles. The Morgan fingerprint density at radius 3 is 2.54 bits per heavy atom. The first-order chi connectivity index (χ1) is 16.6. The second-order valence-corrected chi connectivity index (χ2v) is 8.68. The van der Waals surface area contributed by atoms with E-state index in [0.717, 1.165) is 31.2 Å². The number of ether oxygens (including phenoxy) is 1. The molecule has 3 N–H and O–H groups in total. The molecule has 0 atom stereocenters. The van der Waals surface area contributed by atoms with Gasteiger partial charge in [-0.15, -0.1) is 13.2 Å². The highest BCUT2D eigenvalue weighted by Crippen LogP contribution is 2.36. The predicted molar refractivity (Wildman–Crippen MR) is 125 cm³/mol. The van der Waals surface area contributed by atoms with E-state index in [1.165, 1.54) is 12.1 Å². The fourth-order valence-electron chi connectivity index (χ4n) is 4.28. The Hall–Kier alpha value is -3.34. The SMILES string of the molecule is CCc1cc(-c2ccc(Cl)nc2OC(F)(F)F)cc2cnc(N[C@H]3CC[C@H](NC(=O)O)CC3)nc12. The molecule has 4 rings (SSSR count). The summed E-state index contributed by atoms with van der Waals surface area (Å²) in [6.07, 6.45) is -0.728. The molecular formula is C23H23ClF3N5O3. The summed E-state index contributed by atoms with van der Waals surface area (Å²) in [5.74, 6) is -0.178. The van der Waals surface area contributed by atoms with Gasteiger partial charge in [0.2, 0.25) is 11.8 Å². The van der Waals surface area contributed by atoms with Crippen molar-refractivity contribution in [3.8, 4) is 17.0 Å². The zero-order chi connectivity index (χ0) is 25.2. The van der Waals surface area contributed by atoms with Gasteiger partial charge in [0.05, 0.1) is 5.52 Å². The quantitative estimate of drug-likeness (QED) is 0.360. The number of nitrogens with one attached hydrogen (secondary N) is 2. The summed E-state index contributed by atoms with van der Waals surface area (Å²) in [5, 5.41) is 15.3. The maximum Gasteiger partial charge on any atom is 0.574 e. The molecule has 12 heteroatoms. The van der Waals surface area contributed by atoms with Gasteiger partial charge < -0.3 is 20.5 Å². The normalized spacial score (nSPS) is 18.3. The minimum absolute atomic E-state index is 0.0539. The lowest BCUT2D eigenvalue weighted by molar-refractivity contribution is -0.275. The second-order valence-electron chi connectivity index (χ2n) is 8.30. The molecule has 1 saturated carbocycles. The van der Waals surface area contributed by atoms with Gasteiger partial charge in [-0.2, -0.15) is 0 Å². The van der Waals surface area contributed by atoms with Crippen molar-refractivity contribution >= 4 is 34.5 Å². The van der Waals surface area contributed by atoms with E-state index in [-0.39, 0.29) is 22.8 Å². The van der Waals surface area contributed by atoms with Crippen molar-refractivity contribution in [2.24, 2.45) is 0 Å². The van der Waals surface area contributed by atoms with Gasteiger partial charge in [0.15, 0.2) is 0 Å². The molecule has 1 aliphatic rings. The summed E-state index contributed by atoms with van der Waals surface area (Å²) < 4.78 is 42.9. The minimum atomic E-state index is -4.91. The number of aryl methyl sites for hydroxylation is 1. The van der Waals surface area contributed by atoms with Crippen LogP contribution in [0.5, 0.6) is 5.88 Å². The van der Waals surface area contributed by atoms with Crippen molar-refractivity contribution in [2.45, 2.75) is 57.5 Å². The molecule has 1 aliphatic carbocycles. The first kappa shape index (κ1) is 24.8. The van der Waals surface area contributed by atoms with Crippen LogP contribution in [0.2, 0.25) is 5.15 Å². The summed E-state index contributed by atoms with van der Waals surface area (Å²) in [6.45, 7) is 1.93. The molecule has 0 radical (unpaired) electrons. The van der Waals surface area contributed by atoms with E-state index in [2.05, 4.69) is 30.3 Å². The molecule has 1 fully saturated rings. The third kappa shape index (κ3) is 6.21. The monoisotopic (exact) mass is 509 g/mol. The summed E-state index contributed by atoms with van der Waals surface area (Å²) in [5.41, 5.74) is 2.14. The number of rotatable bonds is 6. The topological polar surface area (TPSA) is 109 Å². The Morgan fingerprint density at radius 1 is 1.17 bits per heavy atom. The maximum atomic E-state index is 12.9. The number of hydrogen-bond acceptors (Lipinski definition) is 6. The van der Waals surface area contributed by atoms with Gasteiger partial charge in [-0.1, -0.05) is 18.5 Å². The lowest BCUT2D eigenvalue weighted by atomic mass is 9.91. The highest BCUT2D eigenvalue weighted by molar-refractivity contribution is 6.29. The average Bonchev–Trinajstić information content (AvgIpc) is 2.78. The number of carboxylic acid groups (broad SMARTS) is 1. The van der Waals surface area contributed by atoms with E-state index in [0.29, 0.717) is 28.8 Å². The van der Waals surface area contributed by atoms with E-state index in [1.54, 1.807) is 18.3 Å². The molecule has 35 heavy (non-hydrogen) atoms. The molecular weight excluding hydrogens is 487 g/mol.